The number of aromatic nitrogens is 1. The molecule has 1 aromatic heterocycles. The number of aryl methyl sites for hydroxylation is 1. The molecule has 1 aromatic carbocycles. The molecule has 0 unspecified atom stereocenters. The molecule has 4 bridgehead atoms. The van der Waals surface area contributed by atoms with Crippen molar-refractivity contribution in [3.8, 4) is 0 Å². The van der Waals surface area contributed by atoms with E-state index in [0.717, 1.165) is 52.4 Å². The maximum Gasteiger partial charge on any atom is 0.232 e. The lowest BCUT2D eigenvalue weighted by atomic mass is 9.49. The number of nitrogens with zero attached hydrogens (tertiary/aromatic N) is 1. The normalized spacial score (nSPS) is 34.9. The molecule has 0 aliphatic heterocycles. The van der Waals surface area contributed by atoms with Crippen molar-refractivity contribution in [2.24, 2.45) is 23.2 Å². The molecule has 4 fully saturated rings. The summed E-state index contributed by atoms with van der Waals surface area (Å²) in [4.78, 5) is 17.7. The molecule has 0 atom stereocenters. The van der Waals surface area contributed by atoms with E-state index in [-0.39, 0.29) is 11.3 Å². The fourth-order valence-electron chi connectivity index (χ4n) is 5.70. The molecule has 2 aromatic rings. The summed E-state index contributed by atoms with van der Waals surface area (Å²) in [7, 11) is 0. The van der Waals surface area contributed by atoms with E-state index < -0.39 is 0 Å². The van der Waals surface area contributed by atoms with Crippen LogP contribution < -0.4 is 5.32 Å². The molecule has 0 radical (unpaired) electrons. The first-order valence-corrected chi connectivity index (χ1v) is 9.60. The van der Waals surface area contributed by atoms with Crippen LogP contribution in [0.5, 0.6) is 0 Å². The molecule has 3 nitrogen and oxygen atoms in total. The van der Waals surface area contributed by atoms with E-state index in [9.17, 15) is 4.79 Å². The first-order chi connectivity index (χ1) is 11.1. The van der Waals surface area contributed by atoms with Crippen molar-refractivity contribution in [3.05, 3.63) is 23.8 Å². The Morgan fingerprint density at radius 1 is 1.17 bits per heavy atom. The minimum atomic E-state index is -0.0947. The van der Waals surface area contributed by atoms with Crippen LogP contribution in [0.4, 0.5) is 5.13 Å². The van der Waals surface area contributed by atoms with Gasteiger partial charge in [-0.15, -0.1) is 0 Å². The van der Waals surface area contributed by atoms with Crippen LogP contribution in [-0.2, 0) is 4.79 Å². The van der Waals surface area contributed by atoms with Crippen LogP contribution in [-0.4, -0.2) is 10.9 Å². The van der Waals surface area contributed by atoms with Crippen molar-refractivity contribution in [2.75, 3.05) is 5.32 Å². The predicted molar refractivity (Wildman–Crippen MR) is 93.6 cm³/mol. The van der Waals surface area contributed by atoms with E-state index in [1.807, 2.05) is 6.07 Å². The molecule has 0 saturated heterocycles. The summed E-state index contributed by atoms with van der Waals surface area (Å²) in [5.41, 5.74) is 2.13. The Labute approximate surface area is 140 Å². The summed E-state index contributed by atoms with van der Waals surface area (Å²) < 4.78 is 1.16. The highest BCUT2D eigenvalue weighted by Gasteiger charge is 2.54. The molecular weight excluding hydrogens is 304 g/mol. The summed E-state index contributed by atoms with van der Waals surface area (Å²) in [5, 5.41) is 3.95. The third kappa shape index (κ3) is 2.22. The standard InChI is InChI=1S/C19H22N2OS/c1-11-2-3-15-16(4-11)23-18(20-15)21-17(22)19-8-12-5-13(9-19)7-14(6-12)10-19/h2-4,12-14H,5-10H2,1H3,(H,20,21,22). The Kier molecular flexibility index (Phi) is 2.91. The Morgan fingerprint density at radius 2 is 1.83 bits per heavy atom. The summed E-state index contributed by atoms with van der Waals surface area (Å²) in [6.45, 7) is 2.09. The minimum Gasteiger partial charge on any atom is -0.301 e. The minimum absolute atomic E-state index is 0.0947. The van der Waals surface area contributed by atoms with Crippen molar-refractivity contribution in [3.63, 3.8) is 0 Å². The largest absolute Gasteiger partial charge is 0.301 e. The lowest BCUT2D eigenvalue weighted by Gasteiger charge is -2.55. The molecule has 0 spiro atoms. The quantitative estimate of drug-likeness (QED) is 0.864. The highest BCUT2D eigenvalue weighted by Crippen LogP contribution is 2.60. The van der Waals surface area contributed by atoms with Gasteiger partial charge >= 0.3 is 0 Å². The van der Waals surface area contributed by atoms with Gasteiger partial charge in [-0.1, -0.05) is 17.4 Å². The highest BCUT2D eigenvalue weighted by atomic mass is 32.1. The van der Waals surface area contributed by atoms with Gasteiger partial charge in [0, 0.05) is 0 Å². The smallest absolute Gasteiger partial charge is 0.232 e. The molecule has 23 heavy (non-hydrogen) atoms. The zero-order valence-electron chi connectivity index (χ0n) is 13.5. The van der Waals surface area contributed by atoms with Crippen molar-refractivity contribution in [2.45, 2.75) is 45.4 Å². The summed E-state index contributed by atoms with van der Waals surface area (Å²) in [6.07, 6.45) is 7.42. The monoisotopic (exact) mass is 326 g/mol. The third-order valence-electron chi connectivity index (χ3n) is 6.28. The number of amides is 1. The van der Waals surface area contributed by atoms with Crippen LogP contribution in [0.3, 0.4) is 0 Å². The molecule has 4 aliphatic carbocycles. The third-order valence-corrected chi connectivity index (χ3v) is 7.22. The number of rotatable bonds is 2. The lowest BCUT2D eigenvalue weighted by Crippen LogP contribution is -2.51. The van der Waals surface area contributed by atoms with E-state index in [2.05, 4.69) is 29.4 Å². The average molecular weight is 326 g/mol. The van der Waals surface area contributed by atoms with Gasteiger partial charge in [0.15, 0.2) is 5.13 Å². The molecule has 1 amide bonds. The second-order valence-corrected chi connectivity index (χ2v) is 9.17. The van der Waals surface area contributed by atoms with Gasteiger partial charge in [0.1, 0.15) is 0 Å². The number of thiazole rings is 1. The Hall–Kier alpha value is -1.42. The fourth-order valence-corrected chi connectivity index (χ4v) is 6.66. The van der Waals surface area contributed by atoms with Crippen LogP contribution in [0.25, 0.3) is 10.2 Å². The second kappa shape index (κ2) is 4.79. The fraction of sp³-hybridized carbons (Fsp3) is 0.579. The van der Waals surface area contributed by atoms with Gasteiger partial charge in [-0.2, -0.15) is 0 Å². The number of hydrogen-bond acceptors (Lipinski definition) is 3. The van der Waals surface area contributed by atoms with Crippen molar-refractivity contribution < 1.29 is 4.79 Å². The number of nitrogens with one attached hydrogen (secondary N) is 1. The van der Waals surface area contributed by atoms with Crippen molar-refractivity contribution in [1.29, 1.82) is 0 Å². The zero-order chi connectivity index (χ0) is 15.6. The van der Waals surface area contributed by atoms with Crippen LogP contribution in [0.2, 0.25) is 0 Å². The molecule has 120 valence electrons. The van der Waals surface area contributed by atoms with Crippen LogP contribution >= 0.6 is 11.3 Å². The molecule has 1 heterocycles. The summed E-state index contributed by atoms with van der Waals surface area (Å²) in [6, 6.07) is 6.27. The van der Waals surface area contributed by atoms with E-state index in [4.69, 9.17) is 0 Å². The summed E-state index contributed by atoms with van der Waals surface area (Å²) in [5.74, 6) is 2.63. The average Bonchev–Trinajstić information content (AvgIpc) is 2.87. The number of carbonyl (C=O) groups excluding carboxylic acids is 1. The number of carbonyl (C=O) groups is 1. The van der Waals surface area contributed by atoms with Gasteiger partial charge in [0.05, 0.1) is 15.6 Å². The Balaban J connectivity index is 1.42. The summed E-state index contributed by atoms with van der Waals surface area (Å²) >= 11 is 1.60. The SMILES string of the molecule is Cc1ccc2nc(NC(=O)C34CC5CC(CC(C5)C3)C4)sc2c1. The van der Waals surface area contributed by atoms with E-state index >= 15 is 0 Å². The number of fused-ring (bicyclic) bond motifs is 1. The number of anilines is 1. The van der Waals surface area contributed by atoms with Gasteiger partial charge in [0.25, 0.3) is 0 Å². The number of hydrogen-bond donors (Lipinski definition) is 1. The molecule has 1 N–H and O–H groups in total. The van der Waals surface area contributed by atoms with Crippen LogP contribution in [0.1, 0.15) is 44.1 Å². The van der Waals surface area contributed by atoms with Gasteiger partial charge in [-0.3, -0.25) is 4.79 Å². The van der Waals surface area contributed by atoms with Crippen LogP contribution in [0, 0.1) is 30.1 Å². The van der Waals surface area contributed by atoms with Gasteiger partial charge in [-0.25, -0.2) is 4.98 Å². The molecule has 4 aliphatic rings. The topological polar surface area (TPSA) is 42.0 Å². The maximum absolute atomic E-state index is 13.1. The predicted octanol–water partition coefficient (Wildman–Crippen LogP) is 4.76. The maximum atomic E-state index is 13.1. The Bertz CT molecular complexity index is 758. The molecule has 4 saturated carbocycles. The first kappa shape index (κ1) is 14.0. The van der Waals surface area contributed by atoms with E-state index in [0.29, 0.717) is 0 Å². The van der Waals surface area contributed by atoms with E-state index in [1.165, 1.54) is 24.8 Å². The van der Waals surface area contributed by atoms with E-state index in [1.54, 1.807) is 11.3 Å². The Morgan fingerprint density at radius 3 is 2.48 bits per heavy atom. The van der Waals surface area contributed by atoms with Crippen molar-refractivity contribution >= 4 is 32.6 Å². The van der Waals surface area contributed by atoms with Gasteiger partial charge in [-0.05, 0) is 80.9 Å². The molecule has 4 heteroatoms. The lowest BCUT2D eigenvalue weighted by molar-refractivity contribution is -0.140. The van der Waals surface area contributed by atoms with Crippen LogP contribution in [0.15, 0.2) is 18.2 Å². The first-order valence-electron chi connectivity index (χ1n) is 8.78. The van der Waals surface area contributed by atoms with Gasteiger partial charge in [0.2, 0.25) is 5.91 Å². The second-order valence-electron chi connectivity index (χ2n) is 8.14. The molecular formula is C19H22N2OS. The molecule has 6 rings (SSSR count). The highest BCUT2D eigenvalue weighted by molar-refractivity contribution is 7.22. The number of benzene rings is 1. The van der Waals surface area contributed by atoms with Crippen molar-refractivity contribution in [1.82, 2.24) is 4.98 Å². The van der Waals surface area contributed by atoms with Gasteiger partial charge < -0.3 is 5.32 Å². The zero-order valence-corrected chi connectivity index (χ0v) is 14.3.